The smallest absolute Gasteiger partial charge is 0.218 e. The molecule has 0 amide bonds. The van der Waals surface area contributed by atoms with Crippen molar-refractivity contribution in [3.8, 4) is 11.6 Å². The van der Waals surface area contributed by atoms with Crippen LogP contribution in [0.2, 0.25) is 0 Å². The normalized spacial score (nSPS) is 10.7. The van der Waals surface area contributed by atoms with Gasteiger partial charge in [-0.1, -0.05) is 6.92 Å². The molecule has 2 rings (SSSR count). The highest BCUT2D eigenvalue weighted by molar-refractivity contribution is 5.61. The SMILES string of the molecule is CCc1cc(CNc2cc(C)cc(CO)c2O)c(OC)nc1C. The van der Waals surface area contributed by atoms with E-state index >= 15 is 0 Å². The summed E-state index contributed by atoms with van der Waals surface area (Å²) in [7, 11) is 1.60. The van der Waals surface area contributed by atoms with Crippen LogP contribution in [0.25, 0.3) is 0 Å². The Hall–Kier alpha value is -2.27. The van der Waals surface area contributed by atoms with Gasteiger partial charge in [0.1, 0.15) is 5.75 Å². The highest BCUT2D eigenvalue weighted by atomic mass is 16.5. The van der Waals surface area contributed by atoms with Crippen LogP contribution in [0.5, 0.6) is 11.6 Å². The maximum atomic E-state index is 10.2. The first-order chi connectivity index (χ1) is 11.0. The molecule has 2 aromatic rings. The van der Waals surface area contributed by atoms with Gasteiger partial charge >= 0.3 is 0 Å². The maximum absolute atomic E-state index is 10.2. The molecule has 0 spiro atoms. The number of pyridine rings is 1. The minimum atomic E-state index is -0.197. The molecule has 0 aliphatic rings. The average molecular weight is 316 g/mol. The zero-order valence-corrected chi connectivity index (χ0v) is 14.1. The van der Waals surface area contributed by atoms with Crippen LogP contribution in [-0.2, 0) is 19.6 Å². The number of methoxy groups -OCH3 is 1. The zero-order valence-electron chi connectivity index (χ0n) is 14.1. The lowest BCUT2D eigenvalue weighted by Crippen LogP contribution is -2.06. The van der Waals surface area contributed by atoms with Crippen molar-refractivity contribution in [3.05, 3.63) is 46.1 Å². The summed E-state index contributed by atoms with van der Waals surface area (Å²) in [6, 6.07) is 5.70. The number of nitrogens with zero attached hydrogens (tertiary/aromatic N) is 1. The number of nitrogens with one attached hydrogen (secondary N) is 1. The van der Waals surface area contributed by atoms with Crippen LogP contribution in [0, 0.1) is 13.8 Å². The molecule has 0 fully saturated rings. The number of phenols is 1. The topological polar surface area (TPSA) is 74.6 Å². The predicted octanol–water partition coefficient (Wildman–Crippen LogP) is 3.08. The molecular formula is C18H24N2O3. The van der Waals surface area contributed by atoms with Gasteiger partial charge in [0.2, 0.25) is 5.88 Å². The number of benzene rings is 1. The quantitative estimate of drug-likeness (QED) is 0.714. The number of aromatic nitrogens is 1. The molecular weight excluding hydrogens is 292 g/mol. The van der Waals surface area contributed by atoms with Crippen LogP contribution in [-0.4, -0.2) is 22.3 Å². The number of rotatable bonds is 6. The van der Waals surface area contributed by atoms with Gasteiger partial charge < -0.3 is 20.3 Å². The lowest BCUT2D eigenvalue weighted by Gasteiger charge is -2.15. The van der Waals surface area contributed by atoms with Crippen LogP contribution < -0.4 is 10.1 Å². The van der Waals surface area contributed by atoms with Gasteiger partial charge in [-0.05, 0) is 49.6 Å². The third-order valence-electron chi connectivity index (χ3n) is 3.90. The largest absolute Gasteiger partial charge is 0.505 e. The second-order valence-corrected chi connectivity index (χ2v) is 5.59. The van der Waals surface area contributed by atoms with Crippen LogP contribution in [0.4, 0.5) is 5.69 Å². The Morgan fingerprint density at radius 1 is 1.13 bits per heavy atom. The fourth-order valence-corrected chi connectivity index (χ4v) is 2.63. The van der Waals surface area contributed by atoms with Crippen molar-refractivity contribution in [1.29, 1.82) is 0 Å². The molecule has 3 N–H and O–H groups in total. The van der Waals surface area contributed by atoms with Crippen molar-refractivity contribution in [2.24, 2.45) is 0 Å². The third kappa shape index (κ3) is 3.74. The Kier molecular flexibility index (Phi) is 5.45. The van der Waals surface area contributed by atoms with Crippen LogP contribution in [0.15, 0.2) is 18.2 Å². The van der Waals surface area contributed by atoms with Crippen LogP contribution in [0.1, 0.15) is 34.9 Å². The number of ether oxygens (including phenoxy) is 1. The highest BCUT2D eigenvalue weighted by Gasteiger charge is 2.12. The van der Waals surface area contributed by atoms with E-state index in [-0.39, 0.29) is 12.4 Å². The molecule has 1 aromatic heterocycles. The van der Waals surface area contributed by atoms with E-state index in [1.165, 1.54) is 5.56 Å². The van der Waals surface area contributed by atoms with Gasteiger partial charge in [0.15, 0.2) is 0 Å². The summed E-state index contributed by atoms with van der Waals surface area (Å²) in [5.41, 5.74) is 5.14. The monoisotopic (exact) mass is 316 g/mol. The standard InChI is InChI=1S/C18H24N2O3/c1-5-13-8-14(18(23-4)20-12(13)3)9-19-16-7-11(2)6-15(10-21)17(16)22/h6-8,19,21-22H,5,9-10H2,1-4H3. The number of anilines is 1. The van der Waals surface area contributed by atoms with Gasteiger partial charge in [-0.15, -0.1) is 0 Å². The number of hydrogen-bond donors (Lipinski definition) is 3. The van der Waals surface area contributed by atoms with E-state index in [2.05, 4.69) is 23.3 Å². The molecule has 0 saturated heterocycles. The molecule has 5 nitrogen and oxygen atoms in total. The van der Waals surface area contributed by atoms with Crippen molar-refractivity contribution in [2.75, 3.05) is 12.4 Å². The number of aliphatic hydroxyl groups is 1. The summed E-state index contributed by atoms with van der Waals surface area (Å²) in [5, 5.41) is 22.7. The summed E-state index contributed by atoms with van der Waals surface area (Å²) in [4.78, 5) is 4.48. The summed E-state index contributed by atoms with van der Waals surface area (Å²) >= 11 is 0. The lowest BCUT2D eigenvalue weighted by molar-refractivity contribution is 0.275. The van der Waals surface area contributed by atoms with Crippen molar-refractivity contribution in [3.63, 3.8) is 0 Å². The molecule has 0 unspecified atom stereocenters. The van der Waals surface area contributed by atoms with Crippen molar-refractivity contribution in [1.82, 2.24) is 4.98 Å². The van der Waals surface area contributed by atoms with E-state index < -0.39 is 0 Å². The fraction of sp³-hybridized carbons (Fsp3) is 0.389. The number of aliphatic hydroxyl groups excluding tert-OH is 1. The predicted molar refractivity (Wildman–Crippen MR) is 91.0 cm³/mol. The maximum Gasteiger partial charge on any atom is 0.218 e. The number of aryl methyl sites for hydroxylation is 3. The summed E-state index contributed by atoms with van der Waals surface area (Å²) < 4.78 is 5.36. The van der Waals surface area contributed by atoms with E-state index in [4.69, 9.17) is 4.74 Å². The number of hydrogen-bond acceptors (Lipinski definition) is 5. The molecule has 0 bridgehead atoms. The molecule has 23 heavy (non-hydrogen) atoms. The molecule has 1 aromatic carbocycles. The van der Waals surface area contributed by atoms with Crippen molar-refractivity contribution < 1.29 is 14.9 Å². The zero-order chi connectivity index (χ0) is 17.0. The second-order valence-electron chi connectivity index (χ2n) is 5.59. The van der Waals surface area contributed by atoms with E-state index in [1.54, 1.807) is 13.2 Å². The molecule has 0 radical (unpaired) electrons. The van der Waals surface area contributed by atoms with Crippen LogP contribution >= 0.6 is 0 Å². The van der Waals surface area contributed by atoms with Gasteiger partial charge in [0.05, 0.1) is 19.4 Å². The van der Waals surface area contributed by atoms with Gasteiger partial charge in [-0.25, -0.2) is 4.98 Å². The Balaban J connectivity index is 2.29. The fourth-order valence-electron chi connectivity index (χ4n) is 2.63. The van der Waals surface area contributed by atoms with Crippen molar-refractivity contribution in [2.45, 2.75) is 40.3 Å². The first kappa shape index (κ1) is 17.1. The molecule has 124 valence electrons. The average Bonchev–Trinajstić information content (AvgIpc) is 2.55. The Bertz CT molecular complexity index is 699. The lowest BCUT2D eigenvalue weighted by atomic mass is 10.1. The minimum absolute atomic E-state index is 0.0767. The molecule has 0 atom stereocenters. The van der Waals surface area contributed by atoms with Gasteiger partial charge in [0, 0.05) is 23.4 Å². The van der Waals surface area contributed by atoms with E-state index in [0.29, 0.717) is 23.7 Å². The van der Waals surface area contributed by atoms with E-state index in [9.17, 15) is 10.2 Å². The molecule has 0 aliphatic heterocycles. The first-order valence-corrected chi connectivity index (χ1v) is 7.70. The van der Waals surface area contributed by atoms with E-state index in [1.807, 2.05) is 19.9 Å². The molecule has 0 aliphatic carbocycles. The summed E-state index contributed by atoms with van der Waals surface area (Å²) in [6.07, 6.45) is 0.903. The Labute approximate surface area is 137 Å². The van der Waals surface area contributed by atoms with E-state index in [0.717, 1.165) is 23.2 Å². The number of aromatic hydroxyl groups is 1. The summed E-state index contributed by atoms with van der Waals surface area (Å²) in [5.74, 6) is 0.662. The highest BCUT2D eigenvalue weighted by Crippen LogP contribution is 2.30. The van der Waals surface area contributed by atoms with Gasteiger partial charge in [-0.2, -0.15) is 0 Å². The molecule has 0 saturated carbocycles. The van der Waals surface area contributed by atoms with Gasteiger partial charge in [0.25, 0.3) is 0 Å². The Morgan fingerprint density at radius 2 is 1.87 bits per heavy atom. The molecule has 5 heteroatoms. The second kappa shape index (κ2) is 7.33. The minimum Gasteiger partial charge on any atom is -0.505 e. The first-order valence-electron chi connectivity index (χ1n) is 7.70. The van der Waals surface area contributed by atoms with Gasteiger partial charge in [-0.3, -0.25) is 0 Å². The van der Waals surface area contributed by atoms with Crippen molar-refractivity contribution >= 4 is 5.69 Å². The molecule has 1 heterocycles. The third-order valence-corrected chi connectivity index (χ3v) is 3.90. The van der Waals surface area contributed by atoms with Crippen LogP contribution in [0.3, 0.4) is 0 Å². The summed E-state index contributed by atoms with van der Waals surface area (Å²) in [6.45, 7) is 6.27. The Morgan fingerprint density at radius 3 is 2.48 bits per heavy atom.